The highest BCUT2D eigenvalue weighted by Crippen LogP contribution is 1.93. The van der Waals surface area contributed by atoms with Gasteiger partial charge >= 0.3 is 0 Å². The number of nitrogens with two attached hydrogens (primary N) is 1. The van der Waals surface area contributed by atoms with E-state index in [1.807, 2.05) is 18.6 Å². The van der Waals surface area contributed by atoms with Crippen LogP contribution >= 0.6 is 0 Å². The first-order valence-corrected chi connectivity index (χ1v) is 3.56. The number of rotatable bonds is 3. The number of aliphatic imine (C=N–C) groups is 1. The van der Waals surface area contributed by atoms with E-state index in [0.717, 1.165) is 26.1 Å². The summed E-state index contributed by atoms with van der Waals surface area (Å²) >= 11 is 0. The fraction of sp³-hybridized carbons (Fsp3) is 0.571. The lowest BCUT2D eigenvalue weighted by Gasteiger charge is -2.18. The normalized spacial score (nSPS) is 16.3. The molecule has 1 heterocycles. The first-order valence-electron chi connectivity index (χ1n) is 3.56. The van der Waals surface area contributed by atoms with Gasteiger partial charge in [0.05, 0.1) is 6.34 Å². The lowest BCUT2D eigenvalue weighted by Crippen LogP contribution is -2.26. The van der Waals surface area contributed by atoms with Crippen LogP contribution < -0.4 is 5.73 Å². The summed E-state index contributed by atoms with van der Waals surface area (Å²) in [4.78, 5) is 6.14. The van der Waals surface area contributed by atoms with Crippen LogP contribution in [0.3, 0.4) is 0 Å². The number of hydrogen-bond acceptors (Lipinski definition) is 3. The minimum Gasteiger partial charge on any atom is -0.359 e. The molecule has 0 radical (unpaired) electrons. The minimum absolute atomic E-state index is 0.758. The highest BCUT2D eigenvalue weighted by atomic mass is 15.1. The first-order chi connectivity index (χ1) is 4.93. The maximum Gasteiger partial charge on any atom is 0.0907 e. The molecule has 56 valence electrons. The van der Waals surface area contributed by atoms with Crippen molar-refractivity contribution in [3.8, 4) is 0 Å². The summed E-state index contributed by atoms with van der Waals surface area (Å²) in [5, 5.41) is 0. The van der Waals surface area contributed by atoms with Gasteiger partial charge in [0, 0.05) is 19.3 Å². The molecule has 0 saturated heterocycles. The van der Waals surface area contributed by atoms with Gasteiger partial charge in [-0.25, -0.2) is 4.99 Å². The van der Waals surface area contributed by atoms with Crippen LogP contribution in [0.2, 0.25) is 0 Å². The lowest BCUT2D eigenvalue weighted by atomic mass is 10.4. The van der Waals surface area contributed by atoms with Crippen molar-refractivity contribution in [3.63, 3.8) is 0 Å². The molecule has 2 N–H and O–H groups in total. The maximum atomic E-state index is 5.36. The second-order valence-electron chi connectivity index (χ2n) is 2.29. The Labute approximate surface area is 61.2 Å². The van der Waals surface area contributed by atoms with E-state index in [-0.39, 0.29) is 0 Å². The van der Waals surface area contributed by atoms with Gasteiger partial charge < -0.3 is 10.6 Å². The lowest BCUT2D eigenvalue weighted by molar-refractivity contribution is 0.461. The zero-order valence-corrected chi connectivity index (χ0v) is 6.03. The van der Waals surface area contributed by atoms with Gasteiger partial charge in [0.25, 0.3) is 0 Å². The van der Waals surface area contributed by atoms with Gasteiger partial charge in [-0.2, -0.15) is 0 Å². The molecule has 0 atom stereocenters. The van der Waals surface area contributed by atoms with E-state index >= 15 is 0 Å². The fourth-order valence-electron chi connectivity index (χ4n) is 0.867. The van der Waals surface area contributed by atoms with E-state index in [2.05, 4.69) is 9.89 Å². The van der Waals surface area contributed by atoms with Crippen LogP contribution in [-0.4, -0.2) is 30.9 Å². The van der Waals surface area contributed by atoms with Crippen LogP contribution in [0.1, 0.15) is 6.42 Å². The molecule has 0 aromatic rings. The van der Waals surface area contributed by atoms with Crippen LogP contribution in [0.4, 0.5) is 0 Å². The topological polar surface area (TPSA) is 41.6 Å². The zero-order valence-electron chi connectivity index (χ0n) is 6.03. The van der Waals surface area contributed by atoms with E-state index in [4.69, 9.17) is 5.73 Å². The molecule has 0 aromatic carbocycles. The second-order valence-corrected chi connectivity index (χ2v) is 2.29. The molecule has 1 aliphatic heterocycles. The summed E-state index contributed by atoms with van der Waals surface area (Å²) in [5.74, 6) is 0. The Morgan fingerprint density at radius 3 is 3.10 bits per heavy atom. The first kappa shape index (κ1) is 7.28. The average Bonchev–Trinajstić information content (AvgIpc) is 2.03. The summed E-state index contributed by atoms with van der Waals surface area (Å²) < 4.78 is 0. The highest BCUT2D eigenvalue weighted by molar-refractivity contribution is 5.57. The van der Waals surface area contributed by atoms with Crippen molar-refractivity contribution in [2.75, 3.05) is 19.6 Å². The third-order valence-electron chi connectivity index (χ3n) is 1.41. The summed E-state index contributed by atoms with van der Waals surface area (Å²) in [5.41, 5.74) is 5.36. The van der Waals surface area contributed by atoms with Crippen LogP contribution in [-0.2, 0) is 0 Å². The smallest absolute Gasteiger partial charge is 0.0907 e. The summed E-state index contributed by atoms with van der Waals surface area (Å²) in [6, 6.07) is 0. The monoisotopic (exact) mass is 139 g/mol. The number of hydrogen-bond donors (Lipinski definition) is 1. The molecule has 0 spiro atoms. The van der Waals surface area contributed by atoms with Gasteiger partial charge in [0.1, 0.15) is 0 Å². The summed E-state index contributed by atoms with van der Waals surface area (Å²) in [7, 11) is 0. The molecule has 0 amide bonds. The molecular weight excluding hydrogens is 126 g/mol. The predicted molar refractivity (Wildman–Crippen MR) is 42.9 cm³/mol. The van der Waals surface area contributed by atoms with Crippen molar-refractivity contribution in [2.45, 2.75) is 6.42 Å². The zero-order chi connectivity index (χ0) is 7.23. The van der Waals surface area contributed by atoms with Crippen LogP contribution in [0, 0.1) is 0 Å². The van der Waals surface area contributed by atoms with Crippen molar-refractivity contribution in [2.24, 2.45) is 10.7 Å². The van der Waals surface area contributed by atoms with E-state index in [0.29, 0.717) is 0 Å². The Morgan fingerprint density at radius 2 is 2.50 bits per heavy atom. The van der Waals surface area contributed by atoms with Gasteiger partial charge in [-0.05, 0) is 19.0 Å². The molecule has 1 aliphatic rings. The van der Waals surface area contributed by atoms with Gasteiger partial charge in [-0.3, -0.25) is 0 Å². The minimum atomic E-state index is 0.758. The van der Waals surface area contributed by atoms with Gasteiger partial charge in [-0.15, -0.1) is 0 Å². The van der Waals surface area contributed by atoms with E-state index in [1.54, 1.807) is 0 Å². The Bertz CT molecular complexity index is 140. The molecule has 1 rings (SSSR count). The van der Waals surface area contributed by atoms with Crippen molar-refractivity contribution < 1.29 is 0 Å². The van der Waals surface area contributed by atoms with Crippen LogP contribution in [0.15, 0.2) is 17.3 Å². The quantitative estimate of drug-likeness (QED) is 0.606. The summed E-state index contributed by atoms with van der Waals surface area (Å²) in [6.45, 7) is 2.75. The van der Waals surface area contributed by atoms with E-state index in [9.17, 15) is 0 Å². The van der Waals surface area contributed by atoms with Gasteiger partial charge in [0.2, 0.25) is 0 Å². The van der Waals surface area contributed by atoms with Crippen molar-refractivity contribution >= 4 is 6.34 Å². The average molecular weight is 139 g/mol. The third-order valence-corrected chi connectivity index (χ3v) is 1.41. The highest BCUT2D eigenvalue weighted by Gasteiger charge is 1.97. The Kier molecular flexibility index (Phi) is 2.96. The van der Waals surface area contributed by atoms with Crippen LogP contribution in [0.5, 0.6) is 0 Å². The molecular formula is C7H13N3. The Hall–Kier alpha value is -0.830. The maximum absolute atomic E-state index is 5.36. The third kappa shape index (κ3) is 2.19. The van der Waals surface area contributed by atoms with Crippen LogP contribution in [0.25, 0.3) is 0 Å². The molecule has 0 aliphatic carbocycles. The fourth-order valence-corrected chi connectivity index (χ4v) is 0.867. The molecule has 0 aromatic heterocycles. The molecule has 0 saturated carbocycles. The Morgan fingerprint density at radius 1 is 1.60 bits per heavy atom. The molecule has 10 heavy (non-hydrogen) atoms. The Balaban J connectivity index is 2.17. The van der Waals surface area contributed by atoms with Crippen molar-refractivity contribution in [3.05, 3.63) is 12.3 Å². The molecule has 0 fully saturated rings. The standard InChI is InChI=1S/C7H13N3/c8-3-1-5-10-6-2-4-9-7-10/h2,4,7H,1,3,5-6,8H2. The predicted octanol–water partition coefficient (Wildman–Crippen LogP) is 0.193. The molecule has 3 nitrogen and oxygen atoms in total. The largest absolute Gasteiger partial charge is 0.359 e. The molecule has 3 heteroatoms. The van der Waals surface area contributed by atoms with E-state index < -0.39 is 0 Å². The number of nitrogens with zero attached hydrogens (tertiary/aromatic N) is 2. The second kappa shape index (κ2) is 4.06. The summed E-state index contributed by atoms with van der Waals surface area (Å²) in [6.07, 6.45) is 6.75. The van der Waals surface area contributed by atoms with E-state index in [1.165, 1.54) is 0 Å². The SMILES string of the molecule is NCCCN1C=NC=CC1. The van der Waals surface area contributed by atoms with Crippen molar-refractivity contribution in [1.82, 2.24) is 4.90 Å². The molecule has 0 bridgehead atoms. The van der Waals surface area contributed by atoms with Gasteiger partial charge in [0.15, 0.2) is 0 Å². The van der Waals surface area contributed by atoms with Gasteiger partial charge in [-0.1, -0.05) is 0 Å². The molecule has 0 unspecified atom stereocenters. The van der Waals surface area contributed by atoms with Crippen molar-refractivity contribution in [1.29, 1.82) is 0 Å².